The third-order valence-corrected chi connectivity index (χ3v) is 7.18. The van der Waals surface area contributed by atoms with Crippen LogP contribution in [0.15, 0.2) is 53.7 Å². The molecule has 0 saturated carbocycles. The van der Waals surface area contributed by atoms with E-state index in [1.165, 1.54) is 11.1 Å². The van der Waals surface area contributed by atoms with Crippen molar-refractivity contribution in [3.8, 4) is 0 Å². The number of carbonyl (C=O) groups is 2. The summed E-state index contributed by atoms with van der Waals surface area (Å²) in [7, 11) is -3.80. The van der Waals surface area contributed by atoms with Crippen LogP contribution in [-0.2, 0) is 19.4 Å². The summed E-state index contributed by atoms with van der Waals surface area (Å²) < 4.78 is 26.5. The summed E-state index contributed by atoms with van der Waals surface area (Å²) in [5, 5.41) is 1.48. The van der Waals surface area contributed by atoms with E-state index in [1.807, 2.05) is 6.92 Å². The molecule has 1 N–H and O–H groups in total. The smallest absolute Gasteiger partial charge is 0.311 e. The summed E-state index contributed by atoms with van der Waals surface area (Å²) in [6.07, 6.45) is 5.81. The summed E-state index contributed by atoms with van der Waals surface area (Å²) in [4.78, 5) is 30.4. The van der Waals surface area contributed by atoms with Crippen LogP contribution in [0.3, 0.4) is 0 Å². The maximum absolute atomic E-state index is 13.3. The van der Waals surface area contributed by atoms with Crippen LogP contribution in [0, 0.1) is 6.92 Å². The van der Waals surface area contributed by atoms with Gasteiger partial charge in [-0.25, -0.2) is 8.42 Å². The molecule has 0 spiro atoms. The Morgan fingerprint density at radius 3 is 2.41 bits per heavy atom. The molecule has 0 unspecified atom stereocenters. The monoisotopic (exact) mass is 415 g/mol. The Balaban J connectivity index is 1.80. The van der Waals surface area contributed by atoms with Gasteiger partial charge in [-0.3, -0.25) is 14.6 Å². The number of sulfone groups is 1. The first-order valence-electron chi connectivity index (χ1n) is 9.67. The number of hydrogen-bond donors (Lipinski definition) is 1. The van der Waals surface area contributed by atoms with Crippen molar-refractivity contribution in [2.24, 2.45) is 0 Å². The van der Waals surface area contributed by atoms with Gasteiger partial charge in [-0.15, -0.1) is 0 Å². The zero-order valence-corrected chi connectivity index (χ0v) is 17.2. The van der Waals surface area contributed by atoms with Crippen LogP contribution in [0.25, 0.3) is 0 Å². The van der Waals surface area contributed by atoms with Gasteiger partial charge >= 0.3 is 11.8 Å². The van der Waals surface area contributed by atoms with Crippen molar-refractivity contribution >= 4 is 21.7 Å². The highest BCUT2D eigenvalue weighted by Crippen LogP contribution is 2.28. The van der Waals surface area contributed by atoms with Gasteiger partial charge in [-0.05, 0) is 49.9 Å². The lowest BCUT2D eigenvalue weighted by molar-refractivity contribution is -0.146. The van der Waals surface area contributed by atoms with E-state index in [2.05, 4.69) is 10.3 Å². The van der Waals surface area contributed by atoms with Crippen LogP contribution in [0.5, 0.6) is 0 Å². The van der Waals surface area contributed by atoms with Crippen molar-refractivity contribution in [1.29, 1.82) is 0 Å². The van der Waals surface area contributed by atoms with Gasteiger partial charge in [-0.1, -0.05) is 23.8 Å². The summed E-state index contributed by atoms with van der Waals surface area (Å²) in [5.41, 5.74) is 1.40. The molecular formula is C21H25N3O4S. The number of pyridine rings is 1. The fraction of sp³-hybridized carbons (Fsp3) is 0.381. The Labute approximate surface area is 171 Å². The molecule has 1 aliphatic rings. The van der Waals surface area contributed by atoms with Crippen molar-refractivity contribution in [2.75, 3.05) is 19.6 Å². The van der Waals surface area contributed by atoms with E-state index in [-0.39, 0.29) is 11.4 Å². The molecule has 0 aliphatic carbocycles. The lowest BCUT2D eigenvalue weighted by Gasteiger charge is -2.26. The minimum Gasteiger partial charge on any atom is -0.346 e. The molecule has 0 bridgehead atoms. The first kappa shape index (κ1) is 21.0. The average Bonchev–Trinajstić information content (AvgIpc) is 2.74. The predicted octanol–water partition coefficient (Wildman–Crippen LogP) is 2.03. The fourth-order valence-electron chi connectivity index (χ4n) is 3.37. The largest absolute Gasteiger partial charge is 0.346 e. The van der Waals surface area contributed by atoms with Crippen molar-refractivity contribution < 1.29 is 18.0 Å². The second kappa shape index (κ2) is 9.17. The zero-order chi connectivity index (χ0) is 20.9. The number of likely N-dealkylation sites (tertiary alicyclic amines) is 1. The summed E-state index contributed by atoms with van der Waals surface area (Å²) in [6, 6.07) is 9.86. The van der Waals surface area contributed by atoms with E-state index in [0.29, 0.717) is 18.7 Å². The summed E-state index contributed by atoms with van der Waals surface area (Å²) >= 11 is 0. The minimum atomic E-state index is -3.80. The van der Waals surface area contributed by atoms with E-state index in [1.54, 1.807) is 42.6 Å². The van der Waals surface area contributed by atoms with Crippen molar-refractivity contribution in [3.05, 3.63) is 59.9 Å². The normalized spacial score (nSPS) is 15.6. The van der Waals surface area contributed by atoms with E-state index in [9.17, 15) is 18.0 Å². The lowest BCUT2D eigenvalue weighted by Crippen LogP contribution is -2.46. The minimum absolute atomic E-state index is 0.161. The number of rotatable bonds is 5. The molecule has 2 aromatic rings. The SMILES string of the molecule is Cc1ccc(S(=O)(=O)[C@@H](CNC(=O)C(=O)N2CCCCC2)c2cccnc2)cc1. The highest BCUT2D eigenvalue weighted by Gasteiger charge is 2.31. The molecule has 2 amide bonds. The molecule has 1 fully saturated rings. The maximum Gasteiger partial charge on any atom is 0.311 e. The van der Waals surface area contributed by atoms with Gasteiger partial charge in [0.15, 0.2) is 9.84 Å². The third kappa shape index (κ3) is 5.00. The zero-order valence-electron chi connectivity index (χ0n) is 16.4. The number of nitrogens with one attached hydrogen (secondary N) is 1. The number of amides is 2. The topological polar surface area (TPSA) is 96.4 Å². The Hall–Kier alpha value is -2.74. The molecule has 1 atom stereocenters. The third-order valence-electron chi connectivity index (χ3n) is 5.07. The van der Waals surface area contributed by atoms with Gasteiger partial charge in [0.25, 0.3) is 0 Å². The second-order valence-electron chi connectivity index (χ2n) is 7.20. The van der Waals surface area contributed by atoms with Gasteiger partial charge < -0.3 is 10.2 Å². The molecule has 154 valence electrons. The first-order chi connectivity index (χ1) is 13.9. The maximum atomic E-state index is 13.3. The second-order valence-corrected chi connectivity index (χ2v) is 9.33. The molecule has 2 heterocycles. The summed E-state index contributed by atoms with van der Waals surface area (Å²) in [6.45, 7) is 2.78. The number of piperidine rings is 1. The highest BCUT2D eigenvalue weighted by atomic mass is 32.2. The Bertz CT molecular complexity index is 953. The Morgan fingerprint density at radius 1 is 1.10 bits per heavy atom. The highest BCUT2D eigenvalue weighted by molar-refractivity contribution is 7.91. The average molecular weight is 416 g/mol. The van der Waals surface area contributed by atoms with Gasteiger partial charge in [0.2, 0.25) is 0 Å². The van der Waals surface area contributed by atoms with Crippen LogP contribution >= 0.6 is 0 Å². The van der Waals surface area contributed by atoms with Crippen LogP contribution in [0.2, 0.25) is 0 Å². The Kier molecular flexibility index (Phi) is 6.64. The molecule has 7 nitrogen and oxygen atoms in total. The van der Waals surface area contributed by atoms with Crippen LogP contribution in [0.1, 0.15) is 35.6 Å². The Morgan fingerprint density at radius 2 is 1.79 bits per heavy atom. The number of carbonyl (C=O) groups excluding carboxylic acids is 2. The molecule has 8 heteroatoms. The standard InChI is InChI=1S/C21H25N3O4S/c1-16-7-9-18(10-8-16)29(27,28)19(17-6-5-11-22-14-17)15-23-20(25)21(26)24-12-3-2-4-13-24/h5-11,14,19H,2-4,12-13,15H2,1H3,(H,23,25)/t19-/m0/s1. The fourth-order valence-corrected chi connectivity index (χ4v) is 5.01. The van der Waals surface area contributed by atoms with Crippen molar-refractivity contribution in [3.63, 3.8) is 0 Å². The molecule has 1 aromatic heterocycles. The number of hydrogen-bond acceptors (Lipinski definition) is 5. The van der Waals surface area contributed by atoms with E-state index >= 15 is 0 Å². The molecule has 1 aliphatic heterocycles. The molecule has 0 radical (unpaired) electrons. The quantitative estimate of drug-likeness (QED) is 0.754. The predicted molar refractivity (Wildman–Crippen MR) is 109 cm³/mol. The molecule has 3 rings (SSSR count). The van der Waals surface area contributed by atoms with Crippen LogP contribution < -0.4 is 5.32 Å². The lowest BCUT2D eigenvalue weighted by atomic mass is 10.1. The number of aromatic nitrogens is 1. The van der Waals surface area contributed by atoms with Gasteiger partial charge in [0.05, 0.1) is 4.90 Å². The van der Waals surface area contributed by atoms with E-state index in [0.717, 1.165) is 24.8 Å². The number of aryl methyl sites for hydroxylation is 1. The number of nitrogens with zero attached hydrogens (tertiary/aromatic N) is 2. The van der Waals surface area contributed by atoms with Crippen molar-refractivity contribution in [1.82, 2.24) is 15.2 Å². The first-order valence-corrected chi connectivity index (χ1v) is 11.2. The van der Waals surface area contributed by atoms with Crippen LogP contribution in [0.4, 0.5) is 0 Å². The molecule has 1 saturated heterocycles. The van der Waals surface area contributed by atoms with Crippen molar-refractivity contribution in [2.45, 2.75) is 36.3 Å². The van der Waals surface area contributed by atoms with Gasteiger partial charge in [0, 0.05) is 32.0 Å². The molecule has 29 heavy (non-hydrogen) atoms. The van der Waals surface area contributed by atoms with E-state index in [4.69, 9.17) is 0 Å². The molecular weight excluding hydrogens is 390 g/mol. The van der Waals surface area contributed by atoms with E-state index < -0.39 is 26.9 Å². The van der Waals surface area contributed by atoms with Gasteiger partial charge in [-0.2, -0.15) is 0 Å². The number of benzene rings is 1. The summed E-state index contributed by atoms with van der Waals surface area (Å²) in [5.74, 6) is -1.39. The van der Waals surface area contributed by atoms with Crippen LogP contribution in [-0.4, -0.2) is 49.8 Å². The molecule has 1 aromatic carbocycles. The van der Waals surface area contributed by atoms with Gasteiger partial charge in [0.1, 0.15) is 5.25 Å².